The van der Waals surface area contributed by atoms with E-state index < -0.39 is 0 Å². The minimum atomic E-state index is -0.159. The van der Waals surface area contributed by atoms with E-state index in [-0.39, 0.29) is 11.1 Å². The summed E-state index contributed by atoms with van der Waals surface area (Å²) in [5.41, 5.74) is 10.9. The molecule has 2 rings (SSSR count). The van der Waals surface area contributed by atoms with Gasteiger partial charge in [0.2, 0.25) is 5.43 Å². The van der Waals surface area contributed by atoms with Crippen molar-refractivity contribution in [3.8, 4) is 0 Å². The molecule has 0 aliphatic rings. The average molecular weight is 321 g/mol. The molecule has 0 amide bonds. The summed E-state index contributed by atoms with van der Waals surface area (Å²) in [6, 6.07) is 4.34. The molecule has 2 N–H and O–H groups in total. The van der Waals surface area contributed by atoms with Crippen molar-refractivity contribution in [1.29, 1.82) is 0 Å². The summed E-state index contributed by atoms with van der Waals surface area (Å²) in [5.74, 6) is 0. The number of nitrogen functional groups attached to an aromatic ring is 1. The second-order valence-electron chi connectivity index (χ2n) is 4.94. The summed E-state index contributed by atoms with van der Waals surface area (Å²) >= 11 is 3.25. The third-order valence-electron chi connectivity index (χ3n) is 3.24. The molecule has 0 unspecified atom stereocenters. The van der Waals surface area contributed by atoms with Crippen LogP contribution in [0.25, 0.3) is 0 Å². The van der Waals surface area contributed by atoms with Crippen molar-refractivity contribution >= 4 is 21.6 Å². The highest BCUT2D eigenvalue weighted by atomic mass is 79.9. The Morgan fingerprint density at radius 1 is 1.16 bits per heavy atom. The molecule has 3 nitrogen and oxygen atoms in total. The maximum atomic E-state index is 11.6. The van der Waals surface area contributed by atoms with Gasteiger partial charge in [0.25, 0.3) is 0 Å². The largest absolute Gasteiger partial charge is 0.394 e. The number of rotatable bonds is 2. The van der Waals surface area contributed by atoms with E-state index in [9.17, 15) is 4.79 Å². The fraction of sp³-hybridized carbons (Fsp3) is 0.267. The van der Waals surface area contributed by atoms with Gasteiger partial charge >= 0.3 is 0 Å². The number of halogens is 1. The van der Waals surface area contributed by atoms with E-state index >= 15 is 0 Å². The van der Waals surface area contributed by atoms with Crippen LogP contribution in [0.3, 0.4) is 0 Å². The first-order chi connectivity index (χ1) is 8.88. The van der Waals surface area contributed by atoms with Crippen LogP contribution < -0.4 is 11.2 Å². The SMILES string of the molecule is Cc1cc(C)c(Cn2cc(N)c(=O)c(Br)c2)c(C)c1. The van der Waals surface area contributed by atoms with Crippen molar-refractivity contribution in [3.63, 3.8) is 0 Å². The quantitative estimate of drug-likeness (QED) is 0.923. The molecule has 2 aromatic rings. The molecule has 1 aromatic carbocycles. The van der Waals surface area contributed by atoms with Crippen LogP contribution in [0, 0.1) is 20.8 Å². The Morgan fingerprint density at radius 3 is 2.26 bits per heavy atom. The lowest BCUT2D eigenvalue weighted by Gasteiger charge is -2.14. The fourth-order valence-corrected chi connectivity index (χ4v) is 2.84. The maximum Gasteiger partial charge on any atom is 0.218 e. The van der Waals surface area contributed by atoms with Crippen LogP contribution in [0.5, 0.6) is 0 Å². The van der Waals surface area contributed by atoms with Gasteiger partial charge in [-0.15, -0.1) is 0 Å². The third-order valence-corrected chi connectivity index (χ3v) is 3.81. The first-order valence-corrected chi connectivity index (χ1v) is 6.89. The smallest absolute Gasteiger partial charge is 0.218 e. The van der Waals surface area contributed by atoms with Gasteiger partial charge in [-0.1, -0.05) is 17.7 Å². The molecular weight excluding hydrogens is 304 g/mol. The molecule has 4 heteroatoms. The zero-order valence-corrected chi connectivity index (χ0v) is 12.9. The van der Waals surface area contributed by atoms with Crippen molar-refractivity contribution in [1.82, 2.24) is 4.57 Å². The van der Waals surface area contributed by atoms with E-state index in [0.717, 1.165) is 0 Å². The number of aryl methyl sites for hydroxylation is 3. The van der Waals surface area contributed by atoms with Crippen LogP contribution in [0.1, 0.15) is 22.3 Å². The lowest BCUT2D eigenvalue weighted by molar-refractivity contribution is 0.777. The Bertz CT molecular complexity index is 640. The highest BCUT2D eigenvalue weighted by molar-refractivity contribution is 9.10. The second kappa shape index (κ2) is 5.21. The van der Waals surface area contributed by atoms with Gasteiger partial charge in [0.15, 0.2) is 0 Å². The Morgan fingerprint density at radius 2 is 1.74 bits per heavy atom. The topological polar surface area (TPSA) is 48.0 Å². The average Bonchev–Trinajstić information content (AvgIpc) is 2.30. The first-order valence-electron chi connectivity index (χ1n) is 6.10. The minimum absolute atomic E-state index is 0.159. The predicted molar refractivity (Wildman–Crippen MR) is 82.6 cm³/mol. The standard InChI is InChI=1S/C15H17BrN2O/c1-9-4-10(2)12(11(3)5-9)6-18-7-13(16)15(19)14(17)8-18/h4-5,7-8H,6,17H2,1-3H3. The van der Waals surface area contributed by atoms with Crippen molar-refractivity contribution < 1.29 is 0 Å². The van der Waals surface area contributed by atoms with Crippen LogP contribution in [-0.4, -0.2) is 4.57 Å². The van der Waals surface area contributed by atoms with Gasteiger partial charge in [-0.2, -0.15) is 0 Å². The molecule has 0 radical (unpaired) electrons. The van der Waals surface area contributed by atoms with Gasteiger partial charge in [-0.25, -0.2) is 0 Å². The molecule has 0 fully saturated rings. The second-order valence-corrected chi connectivity index (χ2v) is 5.79. The van der Waals surface area contributed by atoms with Crippen molar-refractivity contribution in [2.24, 2.45) is 0 Å². The van der Waals surface area contributed by atoms with Crippen molar-refractivity contribution in [2.45, 2.75) is 27.3 Å². The Hall–Kier alpha value is -1.55. The summed E-state index contributed by atoms with van der Waals surface area (Å²) < 4.78 is 2.43. The molecule has 0 saturated heterocycles. The van der Waals surface area contributed by atoms with Crippen LogP contribution in [0.4, 0.5) is 5.69 Å². The summed E-state index contributed by atoms with van der Waals surface area (Å²) in [6.45, 7) is 7.02. The van der Waals surface area contributed by atoms with Gasteiger partial charge in [-0.05, 0) is 53.4 Å². The number of pyridine rings is 1. The Balaban J connectivity index is 2.45. The number of nitrogens with zero attached hydrogens (tertiary/aromatic N) is 1. The predicted octanol–water partition coefficient (Wildman–Crippen LogP) is 3.17. The lowest BCUT2D eigenvalue weighted by atomic mass is 10.00. The molecule has 100 valence electrons. The lowest BCUT2D eigenvalue weighted by Crippen LogP contribution is -2.14. The summed E-state index contributed by atoms with van der Waals surface area (Å²) in [7, 11) is 0. The van der Waals surface area contributed by atoms with Crippen LogP contribution in [0.2, 0.25) is 0 Å². The van der Waals surface area contributed by atoms with Crippen LogP contribution in [0.15, 0.2) is 33.8 Å². The number of nitrogens with two attached hydrogens (primary N) is 1. The van der Waals surface area contributed by atoms with Crippen LogP contribution >= 0.6 is 15.9 Å². The summed E-state index contributed by atoms with van der Waals surface area (Å²) in [6.07, 6.45) is 3.46. The molecule has 0 spiro atoms. The number of hydrogen-bond acceptors (Lipinski definition) is 2. The number of aromatic nitrogens is 1. The molecule has 0 saturated carbocycles. The summed E-state index contributed by atoms with van der Waals surface area (Å²) in [4.78, 5) is 11.6. The number of benzene rings is 1. The monoisotopic (exact) mass is 320 g/mol. The normalized spacial score (nSPS) is 10.7. The van der Waals surface area contributed by atoms with E-state index in [1.54, 1.807) is 12.4 Å². The van der Waals surface area contributed by atoms with E-state index in [0.29, 0.717) is 11.0 Å². The van der Waals surface area contributed by atoms with Gasteiger partial charge < -0.3 is 10.3 Å². The van der Waals surface area contributed by atoms with Gasteiger partial charge in [0.05, 0.1) is 10.2 Å². The van der Waals surface area contributed by atoms with Gasteiger partial charge in [-0.3, -0.25) is 4.79 Å². The van der Waals surface area contributed by atoms with Gasteiger partial charge in [0.1, 0.15) is 0 Å². The van der Waals surface area contributed by atoms with Crippen LogP contribution in [-0.2, 0) is 6.54 Å². The molecule has 1 heterocycles. The van der Waals surface area contributed by atoms with E-state index in [4.69, 9.17) is 5.73 Å². The van der Waals surface area contributed by atoms with Gasteiger partial charge in [0, 0.05) is 18.9 Å². The maximum absolute atomic E-state index is 11.6. The number of anilines is 1. The zero-order chi connectivity index (χ0) is 14.2. The summed E-state index contributed by atoms with van der Waals surface area (Å²) in [5, 5.41) is 0. The highest BCUT2D eigenvalue weighted by Gasteiger charge is 2.07. The van der Waals surface area contributed by atoms with E-state index in [1.165, 1.54) is 22.3 Å². The van der Waals surface area contributed by atoms with E-state index in [1.807, 2.05) is 4.57 Å². The zero-order valence-electron chi connectivity index (χ0n) is 11.3. The number of hydrogen-bond donors (Lipinski definition) is 1. The molecule has 0 bridgehead atoms. The molecule has 19 heavy (non-hydrogen) atoms. The Labute approximate surface area is 121 Å². The third kappa shape index (κ3) is 2.89. The molecule has 1 aromatic heterocycles. The van der Waals surface area contributed by atoms with E-state index in [2.05, 4.69) is 48.8 Å². The highest BCUT2D eigenvalue weighted by Crippen LogP contribution is 2.18. The van der Waals surface area contributed by atoms with Crippen molar-refractivity contribution in [3.05, 3.63) is 61.5 Å². The van der Waals surface area contributed by atoms with Crippen molar-refractivity contribution in [2.75, 3.05) is 5.73 Å². The Kier molecular flexibility index (Phi) is 3.80. The molecular formula is C15H17BrN2O. The minimum Gasteiger partial charge on any atom is -0.394 e. The fourth-order valence-electron chi connectivity index (χ4n) is 2.35. The molecule has 0 atom stereocenters. The molecule has 0 aliphatic carbocycles. The first kappa shape index (κ1) is 13.9. The molecule has 0 aliphatic heterocycles.